The molecule has 0 bridgehead atoms. The van der Waals surface area contributed by atoms with Gasteiger partial charge in [0.25, 0.3) is 0 Å². The van der Waals surface area contributed by atoms with Crippen molar-refractivity contribution in [1.82, 2.24) is 10.3 Å². The Bertz CT molecular complexity index is 605. The molecule has 0 aliphatic heterocycles. The lowest BCUT2D eigenvalue weighted by molar-refractivity contribution is 0.185. The first-order valence-electron chi connectivity index (χ1n) is 7.28. The second-order valence-corrected chi connectivity index (χ2v) is 4.95. The van der Waals surface area contributed by atoms with Gasteiger partial charge in [-0.25, -0.2) is 4.99 Å². The molecular weight excluding hydrogens is 403 g/mol. The van der Waals surface area contributed by atoms with E-state index in [1.54, 1.807) is 13.3 Å². The molecule has 5 nitrogen and oxygen atoms in total. The number of nitrogens with one attached hydrogen (secondary N) is 1. The van der Waals surface area contributed by atoms with Gasteiger partial charge >= 0.3 is 0 Å². The van der Waals surface area contributed by atoms with Crippen LogP contribution >= 0.6 is 24.0 Å². The van der Waals surface area contributed by atoms with Gasteiger partial charge < -0.3 is 15.8 Å². The van der Waals surface area contributed by atoms with Gasteiger partial charge in [0, 0.05) is 32.0 Å². The monoisotopic (exact) mass is 426 g/mol. The number of nitrogens with zero attached hydrogens (tertiary/aromatic N) is 2. The number of rotatable bonds is 7. The number of hydrogen-bond acceptors (Lipinski definition) is 3. The molecule has 6 heteroatoms. The molecular formula is C17H23IN4O. The van der Waals surface area contributed by atoms with E-state index in [9.17, 15) is 0 Å². The number of ether oxygens (including phenoxy) is 1. The number of benzene rings is 1. The molecule has 1 aromatic heterocycles. The van der Waals surface area contributed by atoms with Crippen LogP contribution in [0, 0.1) is 0 Å². The van der Waals surface area contributed by atoms with Crippen LogP contribution in [0.3, 0.4) is 0 Å². The number of nitrogens with two attached hydrogens (primary N) is 1. The van der Waals surface area contributed by atoms with Crippen LogP contribution in [0.4, 0.5) is 0 Å². The van der Waals surface area contributed by atoms with Gasteiger partial charge in [0.15, 0.2) is 5.96 Å². The maximum atomic E-state index is 5.88. The summed E-state index contributed by atoms with van der Waals surface area (Å²) in [5.74, 6) is 0.452. The van der Waals surface area contributed by atoms with Crippen molar-refractivity contribution < 1.29 is 4.74 Å². The molecule has 0 spiro atoms. The molecule has 124 valence electrons. The number of methoxy groups -OCH3 is 1. The smallest absolute Gasteiger partial charge is 0.188 e. The average molecular weight is 426 g/mol. The Morgan fingerprint density at radius 1 is 1.22 bits per heavy atom. The van der Waals surface area contributed by atoms with Crippen LogP contribution < -0.4 is 11.1 Å². The maximum Gasteiger partial charge on any atom is 0.188 e. The van der Waals surface area contributed by atoms with Crippen molar-refractivity contribution in [2.24, 2.45) is 10.7 Å². The molecule has 1 heterocycles. The van der Waals surface area contributed by atoms with Gasteiger partial charge in [-0.15, -0.1) is 24.0 Å². The van der Waals surface area contributed by atoms with Crippen LogP contribution in [-0.4, -0.2) is 24.6 Å². The van der Waals surface area contributed by atoms with Crippen molar-refractivity contribution in [2.45, 2.75) is 19.6 Å². The Morgan fingerprint density at radius 2 is 2.04 bits per heavy atom. The molecule has 0 saturated carbocycles. The van der Waals surface area contributed by atoms with Crippen molar-refractivity contribution in [3.05, 3.63) is 65.5 Å². The predicted octanol–water partition coefficient (Wildman–Crippen LogP) is 2.49. The lowest BCUT2D eigenvalue weighted by Crippen LogP contribution is -2.33. The summed E-state index contributed by atoms with van der Waals surface area (Å²) in [5.41, 5.74) is 9.16. The number of aliphatic imine (C=N–C) groups is 1. The third-order valence-corrected chi connectivity index (χ3v) is 3.15. The first-order chi connectivity index (χ1) is 10.8. The molecule has 0 radical (unpaired) electrons. The third-order valence-electron chi connectivity index (χ3n) is 3.15. The fraction of sp³-hybridized carbons (Fsp3) is 0.294. The van der Waals surface area contributed by atoms with E-state index in [1.807, 2.05) is 36.4 Å². The van der Waals surface area contributed by atoms with Gasteiger partial charge in [-0.05, 0) is 23.3 Å². The third kappa shape index (κ3) is 7.43. The molecule has 3 N–H and O–H groups in total. The molecule has 0 aliphatic rings. The highest BCUT2D eigenvalue weighted by Gasteiger charge is 1.97. The topological polar surface area (TPSA) is 72.5 Å². The molecule has 0 saturated heterocycles. The van der Waals surface area contributed by atoms with Crippen LogP contribution in [0.25, 0.3) is 0 Å². The second-order valence-electron chi connectivity index (χ2n) is 4.95. The van der Waals surface area contributed by atoms with E-state index in [2.05, 4.69) is 21.4 Å². The Morgan fingerprint density at radius 3 is 2.78 bits per heavy atom. The summed E-state index contributed by atoms with van der Waals surface area (Å²) in [6.45, 7) is 1.88. The predicted molar refractivity (Wildman–Crippen MR) is 104 cm³/mol. The minimum absolute atomic E-state index is 0. The minimum atomic E-state index is 0. The zero-order valence-corrected chi connectivity index (χ0v) is 15.6. The fourth-order valence-electron chi connectivity index (χ4n) is 2.08. The summed E-state index contributed by atoms with van der Waals surface area (Å²) in [7, 11) is 1.69. The molecule has 0 unspecified atom stereocenters. The van der Waals surface area contributed by atoms with E-state index < -0.39 is 0 Å². The second kappa shape index (κ2) is 11.0. The Hall–Kier alpha value is -1.67. The van der Waals surface area contributed by atoms with Crippen molar-refractivity contribution in [3.8, 4) is 0 Å². The van der Waals surface area contributed by atoms with Gasteiger partial charge in [-0.1, -0.05) is 30.3 Å². The first kappa shape index (κ1) is 19.4. The standard InChI is InChI=1S/C17H22N4O.HI/c1-22-13-15-6-4-5-14(11-15)12-21-17(18)20-10-8-16-7-2-3-9-19-16;/h2-7,9,11H,8,10,12-13H2,1H3,(H3,18,20,21);1H. The van der Waals surface area contributed by atoms with Gasteiger partial charge in [0.2, 0.25) is 0 Å². The van der Waals surface area contributed by atoms with E-state index in [1.165, 1.54) is 0 Å². The van der Waals surface area contributed by atoms with Crippen molar-refractivity contribution in [3.63, 3.8) is 0 Å². The molecule has 23 heavy (non-hydrogen) atoms. The number of hydrogen-bond donors (Lipinski definition) is 2. The van der Waals surface area contributed by atoms with Gasteiger partial charge in [0.1, 0.15) is 0 Å². The lowest BCUT2D eigenvalue weighted by atomic mass is 10.1. The van der Waals surface area contributed by atoms with Crippen LogP contribution in [0.5, 0.6) is 0 Å². The number of pyridine rings is 1. The summed E-state index contributed by atoms with van der Waals surface area (Å²) in [5, 5.41) is 3.10. The summed E-state index contributed by atoms with van der Waals surface area (Å²) < 4.78 is 5.12. The van der Waals surface area contributed by atoms with Crippen LogP contribution in [0.15, 0.2) is 53.7 Å². The van der Waals surface area contributed by atoms with Crippen molar-refractivity contribution >= 4 is 29.9 Å². The molecule has 0 aliphatic carbocycles. The molecule has 0 atom stereocenters. The quantitative estimate of drug-likeness (QED) is 0.406. The van der Waals surface area contributed by atoms with E-state index >= 15 is 0 Å². The SMILES string of the molecule is COCc1cccc(CN=C(N)NCCc2ccccn2)c1.I. The highest BCUT2D eigenvalue weighted by atomic mass is 127. The number of guanidine groups is 1. The number of halogens is 1. The zero-order valence-electron chi connectivity index (χ0n) is 13.2. The van der Waals surface area contributed by atoms with Crippen LogP contribution in [0.1, 0.15) is 16.8 Å². The normalized spacial score (nSPS) is 10.9. The van der Waals surface area contributed by atoms with Crippen LogP contribution in [0.2, 0.25) is 0 Å². The van der Waals surface area contributed by atoms with Crippen LogP contribution in [-0.2, 0) is 24.3 Å². The summed E-state index contributed by atoms with van der Waals surface area (Å²) in [6.07, 6.45) is 2.61. The van der Waals surface area contributed by atoms with Crippen molar-refractivity contribution in [1.29, 1.82) is 0 Å². The molecule has 1 aromatic carbocycles. The van der Waals surface area contributed by atoms with Gasteiger partial charge in [0.05, 0.1) is 13.2 Å². The van der Waals surface area contributed by atoms with E-state index in [0.717, 1.165) is 29.8 Å². The van der Waals surface area contributed by atoms with E-state index in [-0.39, 0.29) is 24.0 Å². The highest BCUT2D eigenvalue weighted by Crippen LogP contribution is 2.07. The largest absolute Gasteiger partial charge is 0.380 e. The summed E-state index contributed by atoms with van der Waals surface area (Å²) in [4.78, 5) is 8.61. The minimum Gasteiger partial charge on any atom is -0.380 e. The Labute approximate surface area is 154 Å². The first-order valence-corrected chi connectivity index (χ1v) is 7.28. The fourth-order valence-corrected chi connectivity index (χ4v) is 2.08. The maximum absolute atomic E-state index is 5.88. The molecule has 0 fully saturated rings. The molecule has 2 rings (SSSR count). The molecule has 2 aromatic rings. The Balaban J connectivity index is 0.00000264. The van der Waals surface area contributed by atoms with E-state index in [4.69, 9.17) is 10.5 Å². The highest BCUT2D eigenvalue weighted by molar-refractivity contribution is 14.0. The summed E-state index contributed by atoms with van der Waals surface area (Å²) in [6, 6.07) is 14.0. The van der Waals surface area contributed by atoms with E-state index in [0.29, 0.717) is 19.1 Å². The average Bonchev–Trinajstić information content (AvgIpc) is 2.55. The van der Waals surface area contributed by atoms with Gasteiger partial charge in [-0.2, -0.15) is 0 Å². The Kier molecular flexibility index (Phi) is 9.23. The molecule has 0 amide bonds. The summed E-state index contributed by atoms with van der Waals surface area (Å²) >= 11 is 0. The number of aromatic nitrogens is 1. The van der Waals surface area contributed by atoms with Gasteiger partial charge in [-0.3, -0.25) is 4.98 Å². The zero-order chi connectivity index (χ0) is 15.6. The van der Waals surface area contributed by atoms with Crippen molar-refractivity contribution in [2.75, 3.05) is 13.7 Å². The lowest BCUT2D eigenvalue weighted by Gasteiger charge is -2.06.